The van der Waals surface area contributed by atoms with Crippen LogP contribution >= 0.6 is 0 Å². The summed E-state index contributed by atoms with van der Waals surface area (Å²) in [6.45, 7) is 4.06. The Hall–Kier alpha value is -2.64. The van der Waals surface area contributed by atoms with Crippen molar-refractivity contribution in [1.29, 1.82) is 0 Å². The molecule has 0 fully saturated rings. The molecular weight excluding hydrogens is 351 g/mol. The van der Waals surface area contributed by atoms with Crippen molar-refractivity contribution < 1.29 is 18.3 Å². The summed E-state index contributed by atoms with van der Waals surface area (Å²) in [6.07, 6.45) is 1.45. The van der Waals surface area contributed by atoms with Crippen LogP contribution in [-0.2, 0) is 0 Å². The molecule has 1 N–H and O–H groups in total. The van der Waals surface area contributed by atoms with Gasteiger partial charge in [-0.2, -0.15) is 0 Å². The Morgan fingerprint density at radius 3 is 2.56 bits per heavy atom. The molecule has 0 aliphatic carbocycles. The third-order valence-corrected chi connectivity index (χ3v) is 4.22. The lowest BCUT2D eigenvalue weighted by molar-refractivity contribution is -0.0381. The van der Waals surface area contributed by atoms with Crippen molar-refractivity contribution in [2.75, 3.05) is 18.9 Å². The smallest absolute Gasteiger partial charge is 0.322 e. The Labute approximate surface area is 159 Å². The van der Waals surface area contributed by atoms with Gasteiger partial charge in [0.25, 0.3) is 0 Å². The van der Waals surface area contributed by atoms with Crippen LogP contribution < -0.4 is 15.5 Å². The Balaban J connectivity index is 1.94. The average Bonchev–Trinajstić information content (AvgIpc) is 2.59. The molecule has 2 amide bonds. The number of halogens is 2. The number of anilines is 1. The first-order chi connectivity index (χ1) is 12.6. The van der Waals surface area contributed by atoms with Gasteiger partial charge in [-0.05, 0) is 38.1 Å². The number of alkyl halides is 2. The Morgan fingerprint density at radius 1 is 1.33 bits per heavy atom. The number of pyridine rings is 1. The predicted molar refractivity (Wildman–Crippen MR) is 102 cm³/mol. The number of carbonyl (C=O) groups is 1. The zero-order valence-corrected chi connectivity index (χ0v) is 15.8. The van der Waals surface area contributed by atoms with Gasteiger partial charge in [0.2, 0.25) is 5.92 Å². The number of hydrogen-bond acceptors (Lipinski definition) is 3. The topological polar surface area (TPSA) is 54.5 Å². The third-order valence-electron chi connectivity index (χ3n) is 4.22. The fraction of sp³-hybridized carbons (Fsp3) is 0.368. The van der Waals surface area contributed by atoms with Crippen molar-refractivity contribution in [2.24, 2.45) is 5.92 Å². The number of nitrogens with zero attached hydrogens (tertiary/aromatic N) is 2. The first kappa shape index (κ1) is 20.7. The average molecular weight is 373 g/mol. The Morgan fingerprint density at radius 2 is 2.00 bits per heavy atom. The van der Waals surface area contributed by atoms with E-state index in [1.54, 1.807) is 24.3 Å². The number of aryl methyl sites for hydroxylation is 1. The molecule has 0 spiro atoms. The number of rotatable bonds is 6. The van der Waals surface area contributed by atoms with Gasteiger partial charge in [-0.3, -0.25) is 5.32 Å². The van der Waals surface area contributed by atoms with Gasteiger partial charge in [-0.15, -0.1) is 0 Å². The summed E-state index contributed by atoms with van der Waals surface area (Å²) in [6, 6.07) is 8.05. The SMILES string of the molecule is [B]c1cc(Oc2ccc(NC(=O)N(C)CC(C)C(C)(F)F)nc2)ccc1C. The number of amides is 2. The van der Waals surface area contributed by atoms with Crippen LogP contribution in [0.3, 0.4) is 0 Å². The van der Waals surface area contributed by atoms with E-state index in [0.29, 0.717) is 22.8 Å². The summed E-state index contributed by atoms with van der Waals surface area (Å²) in [7, 11) is 7.30. The minimum atomic E-state index is -2.86. The van der Waals surface area contributed by atoms with Crippen LogP contribution in [0, 0.1) is 12.8 Å². The van der Waals surface area contributed by atoms with Gasteiger partial charge in [0.05, 0.1) is 6.20 Å². The summed E-state index contributed by atoms with van der Waals surface area (Å²) >= 11 is 0. The minimum absolute atomic E-state index is 0.0780. The molecular formula is C19H22BF2N3O2. The molecule has 0 bridgehead atoms. The number of hydrogen-bond donors (Lipinski definition) is 1. The van der Waals surface area contributed by atoms with Crippen LogP contribution in [0.5, 0.6) is 11.5 Å². The van der Waals surface area contributed by atoms with Gasteiger partial charge in [-0.1, -0.05) is 24.0 Å². The van der Waals surface area contributed by atoms with E-state index in [4.69, 9.17) is 12.6 Å². The highest BCUT2D eigenvalue weighted by Crippen LogP contribution is 2.24. The van der Waals surface area contributed by atoms with Crippen molar-refractivity contribution >= 4 is 25.2 Å². The number of aromatic nitrogens is 1. The number of nitrogens with one attached hydrogen (secondary N) is 1. The zero-order chi connectivity index (χ0) is 20.2. The maximum atomic E-state index is 13.2. The van der Waals surface area contributed by atoms with E-state index in [-0.39, 0.29) is 6.54 Å². The van der Waals surface area contributed by atoms with E-state index in [1.807, 2.05) is 13.0 Å². The molecule has 8 heteroatoms. The second kappa shape index (κ2) is 8.37. The highest BCUT2D eigenvalue weighted by molar-refractivity contribution is 6.33. The molecule has 0 saturated carbocycles. The quantitative estimate of drug-likeness (QED) is 0.786. The molecule has 2 aromatic rings. The second-order valence-electron chi connectivity index (χ2n) is 6.67. The fourth-order valence-corrected chi connectivity index (χ4v) is 2.19. The fourth-order valence-electron chi connectivity index (χ4n) is 2.19. The summed E-state index contributed by atoms with van der Waals surface area (Å²) < 4.78 is 32.2. The summed E-state index contributed by atoms with van der Waals surface area (Å²) in [5.74, 6) is -2.47. The Bertz CT molecular complexity index is 795. The van der Waals surface area contributed by atoms with E-state index in [0.717, 1.165) is 12.5 Å². The molecule has 0 aliphatic heterocycles. The zero-order valence-electron chi connectivity index (χ0n) is 15.8. The van der Waals surface area contributed by atoms with Gasteiger partial charge in [-0.25, -0.2) is 18.6 Å². The van der Waals surface area contributed by atoms with E-state index in [9.17, 15) is 13.6 Å². The third kappa shape index (κ3) is 5.94. The first-order valence-electron chi connectivity index (χ1n) is 8.46. The molecule has 1 aromatic carbocycles. The highest BCUT2D eigenvalue weighted by atomic mass is 19.3. The minimum Gasteiger partial charge on any atom is -0.456 e. The van der Waals surface area contributed by atoms with E-state index < -0.39 is 17.9 Å². The summed E-state index contributed by atoms with van der Waals surface area (Å²) in [5.41, 5.74) is 1.58. The molecule has 1 atom stereocenters. The molecule has 2 radical (unpaired) electrons. The molecule has 0 aliphatic rings. The van der Waals surface area contributed by atoms with Gasteiger partial charge in [0.1, 0.15) is 25.2 Å². The highest BCUT2D eigenvalue weighted by Gasteiger charge is 2.31. The van der Waals surface area contributed by atoms with Crippen LogP contribution in [0.4, 0.5) is 19.4 Å². The molecule has 1 aromatic heterocycles. The lowest BCUT2D eigenvalue weighted by Gasteiger charge is -2.25. The Kier molecular flexibility index (Phi) is 6.41. The molecule has 1 unspecified atom stereocenters. The number of benzene rings is 1. The second-order valence-corrected chi connectivity index (χ2v) is 6.67. The predicted octanol–water partition coefficient (Wildman–Crippen LogP) is 3.73. The lowest BCUT2D eigenvalue weighted by Crippen LogP contribution is -2.39. The lowest BCUT2D eigenvalue weighted by atomic mass is 9.91. The monoisotopic (exact) mass is 373 g/mol. The number of carbonyl (C=O) groups excluding carboxylic acids is 1. The van der Waals surface area contributed by atoms with Crippen molar-refractivity contribution in [3.05, 3.63) is 42.1 Å². The number of ether oxygens (including phenoxy) is 1. The van der Waals surface area contributed by atoms with Crippen molar-refractivity contribution in [3.8, 4) is 11.5 Å². The first-order valence-corrected chi connectivity index (χ1v) is 8.46. The van der Waals surface area contributed by atoms with E-state index in [1.165, 1.54) is 25.1 Å². The van der Waals surface area contributed by atoms with Gasteiger partial charge < -0.3 is 9.64 Å². The maximum Gasteiger partial charge on any atom is 0.322 e. The standard InChI is InChI=1S/C19H22BF2N3O2/c1-12-5-6-14(9-16(12)20)27-15-7-8-17(23-10-15)24-18(26)25(4)11-13(2)19(3,21)22/h5-10,13H,11H2,1-4H3,(H,23,24,26). The summed E-state index contributed by atoms with van der Waals surface area (Å²) in [5, 5.41) is 2.56. The van der Waals surface area contributed by atoms with Crippen LogP contribution in [0.25, 0.3) is 0 Å². The largest absolute Gasteiger partial charge is 0.456 e. The molecule has 1 heterocycles. The summed E-state index contributed by atoms with van der Waals surface area (Å²) in [4.78, 5) is 17.4. The van der Waals surface area contributed by atoms with Crippen LogP contribution in [0.1, 0.15) is 19.4 Å². The molecule has 27 heavy (non-hydrogen) atoms. The van der Waals surface area contributed by atoms with Crippen LogP contribution in [0.2, 0.25) is 0 Å². The van der Waals surface area contributed by atoms with Gasteiger partial charge in [0.15, 0.2) is 0 Å². The van der Waals surface area contributed by atoms with E-state index >= 15 is 0 Å². The normalized spacial score (nSPS) is 12.4. The number of urea groups is 1. The van der Waals surface area contributed by atoms with E-state index in [2.05, 4.69) is 10.3 Å². The van der Waals surface area contributed by atoms with Crippen molar-refractivity contribution in [3.63, 3.8) is 0 Å². The van der Waals surface area contributed by atoms with Crippen molar-refractivity contribution in [2.45, 2.75) is 26.7 Å². The molecule has 0 saturated heterocycles. The van der Waals surface area contributed by atoms with Crippen LogP contribution in [-0.4, -0.2) is 43.3 Å². The molecule has 5 nitrogen and oxygen atoms in total. The van der Waals surface area contributed by atoms with Gasteiger partial charge in [0, 0.05) is 19.5 Å². The maximum absolute atomic E-state index is 13.2. The van der Waals surface area contributed by atoms with Crippen molar-refractivity contribution in [1.82, 2.24) is 9.88 Å². The molecule has 2 rings (SSSR count). The van der Waals surface area contributed by atoms with Crippen LogP contribution in [0.15, 0.2) is 36.5 Å². The molecule has 142 valence electrons. The van der Waals surface area contributed by atoms with Gasteiger partial charge >= 0.3 is 6.03 Å².